The Morgan fingerprint density at radius 1 is 1.17 bits per heavy atom. The zero-order chi connectivity index (χ0) is 21.7. The van der Waals surface area contributed by atoms with E-state index in [-0.39, 0.29) is 11.7 Å². The van der Waals surface area contributed by atoms with Crippen molar-refractivity contribution in [3.05, 3.63) is 41.8 Å². The van der Waals surface area contributed by atoms with Gasteiger partial charge in [-0.1, -0.05) is 39.5 Å². The van der Waals surface area contributed by atoms with Gasteiger partial charge in [-0.15, -0.1) is 0 Å². The third-order valence-corrected chi connectivity index (χ3v) is 5.07. The summed E-state index contributed by atoms with van der Waals surface area (Å²) >= 11 is 1.60. The molecule has 2 heterocycles. The molecular formula is C21H27FN6OS. The fraction of sp³-hybridized carbons (Fsp3) is 0.429. The number of rotatable bonds is 9. The number of amides is 1. The van der Waals surface area contributed by atoms with Crippen LogP contribution >= 0.6 is 11.8 Å². The van der Waals surface area contributed by atoms with Gasteiger partial charge < -0.3 is 10.6 Å². The minimum atomic E-state index is -0.369. The number of carbonyl (C=O) groups is 1. The molecule has 160 valence electrons. The molecule has 7 nitrogen and oxygen atoms in total. The highest BCUT2D eigenvalue weighted by Crippen LogP contribution is 2.26. The van der Waals surface area contributed by atoms with Crippen molar-refractivity contribution >= 4 is 34.5 Å². The molecule has 1 aromatic carbocycles. The van der Waals surface area contributed by atoms with Crippen LogP contribution in [-0.2, 0) is 6.54 Å². The maximum atomic E-state index is 13.0. The summed E-state index contributed by atoms with van der Waals surface area (Å²) in [5.74, 6) is 0.633. The highest BCUT2D eigenvalue weighted by Gasteiger charge is 2.15. The van der Waals surface area contributed by atoms with Crippen LogP contribution in [0.1, 0.15) is 38.1 Å². The van der Waals surface area contributed by atoms with Gasteiger partial charge in [-0.2, -0.15) is 5.10 Å². The highest BCUT2D eigenvalue weighted by atomic mass is 32.2. The van der Waals surface area contributed by atoms with E-state index in [1.807, 2.05) is 0 Å². The maximum Gasteiger partial charge on any atom is 0.251 e. The molecule has 0 saturated heterocycles. The van der Waals surface area contributed by atoms with Crippen LogP contribution in [0.15, 0.2) is 35.6 Å². The smallest absolute Gasteiger partial charge is 0.251 e. The predicted octanol–water partition coefficient (Wildman–Crippen LogP) is 3.96. The first kappa shape index (κ1) is 22.0. The van der Waals surface area contributed by atoms with Crippen molar-refractivity contribution in [1.82, 2.24) is 25.1 Å². The molecule has 0 aliphatic heterocycles. The third-order valence-electron chi connectivity index (χ3n) is 4.21. The summed E-state index contributed by atoms with van der Waals surface area (Å²) in [5.41, 5.74) is 1.15. The molecule has 0 aliphatic rings. The number of nitrogens with zero attached hydrogens (tertiary/aromatic N) is 4. The number of hydrogen-bond acceptors (Lipinski definition) is 6. The van der Waals surface area contributed by atoms with Gasteiger partial charge in [0.25, 0.3) is 5.91 Å². The molecule has 3 aromatic rings. The highest BCUT2D eigenvalue weighted by molar-refractivity contribution is 7.99. The summed E-state index contributed by atoms with van der Waals surface area (Å²) in [6.07, 6.45) is 1.75. The van der Waals surface area contributed by atoms with Gasteiger partial charge in [0, 0.05) is 23.9 Å². The molecular weight excluding hydrogens is 403 g/mol. The van der Waals surface area contributed by atoms with E-state index >= 15 is 0 Å². The molecule has 0 saturated carbocycles. The number of fused-ring (bicyclic) bond motifs is 1. The minimum Gasteiger partial charge on any atom is -0.369 e. The van der Waals surface area contributed by atoms with Crippen molar-refractivity contribution in [2.24, 2.45) is 5.92 Å². The normalized spacial score (nSPS) is 11.4. The summed E-state index contributed by atoms with van der Waals surface area (Å²) in [4.78, 5) is 21.6. The Bertz CT molecular complexity index is 1000. The van der Waals surface area contributed by atoms with Gasteiger partial charge in [0.2, 0.25) is 0 Å². The second-order valence-electron chi connectivity index (χ2n) is 7.66. The van der Waals surface area contributed by atoms with Crippen LogP contribution in [0.2, 0.25) is 0 Å². The van der Waals surface area contributed by atoms with E-state index in [0.717, 1.165) is 23.4 Å². The maximum absolute atomic E-state index is 13.0. The monoisotopic (exact) mass is 430 g/mol. The van der Waals surface area contributed by atoms with Gasteiger partial charge in [-0.3, -0.25) is 4.79 Å². The third kappa shape index (κ3) is 5.69. The topological polar surface area (TPSA) is 84.7 Å². The Balaban J connectivity index is 1.75. The van der Waals surface area contributed by atoms with Crippen LogP contribution in [0.5, 0.6) is 0 Å². The first-order chi connectivity index (χ1) is 14.3. The van der Waals surface area contributed by atoms with E-state index in [1.165, 1.54) is 24.3 Å². The van der Waals surface area contributed by atoms with Crippen molar-refractivity contribution in [2.45, 2.75) is 44.6 Å². The first-order valence-corrected chi connectivity index (χ1v) is 10.9. The van der Waals surface area contributed by atoms with Crippen molar-refractivity contribution < 1.29 is 9.18 Å². The van der Waals surface area contributed by atoms with E-state index in [9.17, 15) is 9.18 Å². The zero-order valence-electron chi connectivity index (χ0n) is 17.6. The lowest BCUT2D eigenvalue weighted by atomic mass is 10.2. The molecule has 30 heavy (non-hydrogen) atoms. The van der Waals surface area contributed by atoms with Gasteiger partial charge >= 0.3 is 0 Å². The van der Waals surface area contributed by atoms with Gasteiger partial charge in [0.1, 0.15) is 11.6 Å². The summed E-state index contributed by atoms with van der Waals surface area (Å²) in [6.45, 7) is 10.1. The van der Waals surface area contributed by atoms with Gasteiger partial charge in [-0.05, 0) is 30.2 Å². The van der Waals surface area contributed by atoms with Crippen LogP contribution in [0.4, 0.5) is 10.2 Å². The fourth-order valence-electron chi connectivity index (χ4n) is 2.78. The lowest BCUT2D eigenvalue weighted by Crippen LogP contribution is -2.27. The first-order valence-electron chi connectivity index (χ1n) is 10.0. The van der Waals surface area contributed by atoms with E-state index in [4.69, 9.17) is 0 Å². The summed E-state index contributed by atoms with van der Waals surface area (Å²) in [5, 5.41) is 12.6. The zero-order valence-corrected chi connectivity index (χ0v) is 18.5. The standard InChI is InChI=1S/C21H27FN6OS/c1-13(2)11-24-18-17-12-25-28(19(17)27-21(26-18)30-14(3)4)10-9-23-20(29)15-5-7-16(22)8-6-15/h5-8,12-14H,9-11H2,1-4H3,(H,23,29)(H,24,26,27). The molecule has 0 radical (unpaired) electrons. The number of aromatic nitrogens is 4. The molecule has 0 fully saturated rings. The summed E-state index contributed by atoms with van der Waals surface area (Å²) < 4.78 is 14.8. The van der Waals surface area contributed by atoms with Crippen molar-refractivity contribution in [1.29, 1.82) is 0 Å². The SMILES string of the molecule is CC(C)CNc1nc(SC(C)C)nc2c1cnn2CCNC(=O)c1ccc(F)cc1. The van der Waals surface area contributed by atoms with Crippen LogP contribution < -0.4 is 10.6 Å². The van der Waals surface area contributed by atoms with Crippen LogP contribution in [-0.4, -0.2) is 44.0 Å². The van der Waals surface area contributed by atoms with E-state index in [0.29, 0.717) is 35.0 Å². The average Bonchev–Trinajstić information content (AvgIpc) is 3.09. The Kier molecular flexibility index (Phi) is 7.25. The molecule has 0 bridgehead atoms. The fourth-order valence-corrected chi connectivity index (χ4v) is 3.48. The molecule has 2 N–H and O–H groups in total. The second kappa shape index (κ2) is 9.88. The number of anilines is 1. The lowest BCUT2D eigenvalue weighted by Gasteiger charge is -2.12. The quantitative estimate of drug-likeness (QED) is 0.395. The molecule has 0 unspecified atom stereocenters. The number of nitrogens with one attached hydrogen (secondary N) is 2. The molecule has 3 rings (SSSR count). The van der Waals surface area contributed by atoms with Crippen molar-refractivity contribution in [2.75, 3.05) is 18.4 Å². The van der Waals surface area contributed by atoms with Crippen LogP contribution in [0, 0.1) is 11.7 Å². The minimum absolute atomic E-state index is 0.253. The van der Waals surface area contributed by atoms with Crippen molar-refractivity contribution in [3.8, 4) is 0 Å². The Labute approximate surface area is 179 Å². The van der Waals surface area contributed by atoms with Gasteiger partial charge in [0.15, 0.2) is 10.8 Å². The molecule has 1 amide bonds. The number of benzene rings is 1. The Morgan fingerprint density at radius 3 is 2.57 bits per heavy atom. The van der Waals surface area contributed by atoms with E-state index in [2.05, 4.69) is 53.4 Å². The second-order valence-corrected chi connectivity index (χ2v) is 9.21. The van der Waals surface area contributed by atoms with E-state index < -0.39 is 0 Å². The molecule has 0 atom stereocenters. The lowest BCUT2D eigenvalue weighted by molar-refractivity contribution is 0.0952. The predicted molar refractivity (Wildman–Crippen MR) is 118 cm³/mol. The summed E-state index contributed by atoms with van der Waals surface area (Å²) in [7, 11) is 0. The van der Waals surface area contributed by atoms with Crippen LogP contribution in [0.3, 0.4) is 0 Å². The van der Waals surface area contributed by atoms with Gasteiger partial charge in [0.05, 0.1) is 18.1 Å². The molecule has 0 spiro atoms. The molecule has 9 heteroatoms. The number of carbonyl (C=O) groups excluding carboxylic acids is 1. The Morgan fingerprint density at radius 2 is 1.90 bits per heavy atom. The molecule has 0 aliphatic carbocycles. The van der Waals surface area contributed by atoms with Gasteiger partial charge in [-0.25, -0.2) is 19.0 Å². The summed E-state index contributed by atoms with van der Waals surface area (Å²) in [6, 6.07) is 5.46. The Hall–Kier alpha value is -2.68. The van der Waals surface area contributed by atoms with Crippen molar-refractivity contribution in [3.63, 3.8) is 0 Å². The average molecular weight is 431 g/mol. The number of hydrogen-bond donors (Lipinski definition) is 2. The molecule has 2 aromatic heterocycles. The largest absolute Gasteiger partial charge is 0.369 e. The number of halogens is 1. The van der Waals surface area contributed by atoms with Crippen LogP contribution in [0.25, 0.3) is 11.0 Å². The van der Waals surface area contributed by atoms with E-state index in [1.54, 1.807) is 22.6 Å². The number of thioether (sulfide) groups is 1.